The van der Waals surface area contributed by atoms with Crippen LogP contribution >= 0.6 is 23.7 Å². The van der Waals surface area contributed by atoms with Gasteiger partial charge in [0.1, 0.15) is 0 Å². The van der Waals surface area contributed by atoms with Gasteiger partial charge in [-0.05, 0) is 44.7 Å². The molecule has 3 heterocycles. The van der Waals surface area contributed by atoms with E-state index >= 15 is 0 Å². The third-order valence-electron chi connectivity index (χ3n) is 4.41. The number of amides is 1. The topological polar surface area (TPSA) is 57.3 Å². The predicted molar refractivity (Wildman–Crippen MR) is 91.4 cm³/mol. The lowest BCUT2D eigenvalue weighted by Gasteiger charge is -2.32. The molecule has 2 aliphatic heterocycles. The fraction of sp³-hybridized carbons (Fsp3) is 0.733. The molecule has 2 unspecified atom stereocenters. The van der Waals surface area contributed by atoms with E-state index < -0.39 is 0 Å². The van der Waals surface area contributed by atoms with Gasteiger partial charge in [-0.25, -0.2) is 4.98 Å². The summed E-state index contributed by atoms with van der Waals surface area (Å²) in [5.41, 5.74) is 3.06. The first-order valence-electron chi connectivity index (χ1n) is 7.92. The fourth-order valence-electron chi connectivity index (χ4n) is 3.28. The van der Waals surface area contributed by atoms with Crippen LogP contribution in [0.15, 0.2) is 10.9 Å². The number of thiazole rings is 1. The number of likely N-dealkylation sites (tertiary alicyclic amines) is 1. The van der Waals surface area contributed by atoms with Crippen LogP contribution in [-0.2, 0) is 11.3 Å². The van der Waals surface area contributed by atoms with Crippen LogP contribution in [-0.4, -0.2) is 48.0 Å². The van der Waals surface area contributed by atoms with E-state index in [4.69, 9.17) is 0 Å². The molecular weight excluding hydrogens is 320 g/mol. The highest BCUT2D eigenvalue weighted by atomic mass is 35.5. The number of hydrogen-bond donors (Lipinski definition) is 2. The van der Waals surface area contributed by atoms with E-state index in [0.717, 1.165) is 45.6 Å². The van der Waals surface area contributed by atoms with Gasteiger partial charge in [-0.15, -0.1) is 23.7 Å². The van der Waals surface area contributed by atoms with Gasteiger partial charge in [0.15, 0.2) is 0 Å². The molecular formula is C15H25ClN4OS. The van der Waals surface area contributed by atoms with Crippen LogP contribution in [0.5, 0.6) is 0 Å². The minimum atomic E-state index is 0. The molecule has 2 saturated heterocycles. The molecule has 0 bridgehead atoms. The highest BCUT2D eigenvalue weighted by Crippen LogP contribution is 2.18. The predicted octanol–water partition coefficient (Wildman–Crippen LogP) is 1.65. The zero-order valence-corrected chi connectivity index (χ0v) is 14.4. The maximum Gasteiger partial charge on any atom is 0.237 e. The highest BCUT2D eigenvalue weighted by molar-refractivity contribution is 7.07. The molecule has 124 valence electrons. The smallest absolute Gasteiger partial charge is 0.237 e. The lowest BCUT2D eigenvalue weighted by molar-refractivity contribution is -0.123. The van der Waals surface area contributed by atoms with E-state index in [9.17, 15) is 4.79 Å². The molecule has 2 fully saturated rings. The average molecular weight is 345 g/mol. The number of nitrogens with one attached hydrogen (secondary N) is 2. The van der Waals surface area contributed by atoms with Gasteiger partial charge in [0.25, 0.3) is 0 Å². The van der Waals surface area contributed by atoms with E-state index in [2.05, 4.69) is 25.9 Å². The van der Waals surface area contributed by atoms with Gasteiger partial charge in [0.05, 0.1) is 17.2 Å². The largest absolute Gasteiger partial charge is 0.354 e. The minimum Gasteiger partial charge on any atom is -0.354 e. The summed E-state index contributed by atoms with van der Waals surface area (Å²) in [7, 11) is 0. The lowest BCUT2D eigenvalue weighted by Crippen LogP contribution is -2.45. The standard InChI is InChI=1S/C15H24N4OS.ClH/c20-15(14-4-1-5-16-14)17-7-12-3-2-6-19(8-12)9-13-10-21-11-18-13;/h10-12,14,16H,1-9H2,(H,17,20);1H. The Hall–Kier alpha value is -0.690. The molecule has 0 aliphatic carbocycles. The van der Waals surface area contributed by atoms with Crippen LogP contribution in [0.3, 0.4) is 0 Å². The molecule has 7 heteroatoms. The zero-order valence-electron chi connectivity index (χ0n) is 12.8. The first-order chi connectivity index (χ1) is 10.3. The van der Waals surface area contributed by atoms with Crippen molar-refractivity contribution in [2.75, 3.05) is 26.2 Å². The molecule has 1 amide bonds. The van der Waals surface area contributed by atoms with Crippen molar-refractivity contribution in [1.82, 2.24) is 20.5 Å². The van der Waals surface area contributed by atoms with Crippen molar-refractivity contribution < 1.29 is 4.79 Å². The van der Waals surface area contributed by atoms with Crippen molar-refractivity contribution in [3.8, 4) is 0 Å². The average Bonchev–Trinajstić information content (AvgIpc) is 3.18. The Morgan fingerprint density at radius 3 is 3.09 bits per heavy atom. The quantitative estimate of drug-likeness (QED) is 0.852. The van der Waals surface area contributed by atoms with Gasteiger partial charge in [0.2, 0.25) is 5.91 Å². The van der Waals surface area contributed by atoms with Crippen molar-refractivity contribution in [2.24, 2.45) is 5.92 Å². The van der Waals surface area contributed by atoms with E-state index in [0.29, 0.717) is 5.92 Å². The molecule has 1 aromatic rings. The Labute approximate surface area is 142 Å². The molecule has 2 aliphatic rings. The normalized spacial score (nSPS) is 25.6. The minimum absolute atomic E-state index is 0. The molecule has 0 saturated carbocycles. The first-order valence-corrected chi connectivity index (χ1v) is 8.86. The molecule has 5 nitrogen and oxygen atoms in total. The first kappa shape index (κ1) is 17.7. The van der Waals surface area contributed by atoms with Crippen molar-refractivity contribution >= 4 is 29.7 Å². The molecule has 1 aromatic heterocycles. The van der Waals surface area contributed by atoms with Gasteiger partial charge in [0, 0.05) is 25.0 Å². The Morgan fingerprint density at radius 1 is 1.45 bits per heavy atom. The summed E-state index contributed by atoms with van der Waals surface area (Å²) in [6, 6.07) is 0.0414. The van der Waals surface area contributed by atoms with Gasteiger partial charge >= 0.3 is 0 Å². The number of hydrogen-bond acceptors (Lipinski definition) is 5. The third-order valence-corrected chi connectivity index (χ3v) is 5.05. The zero-order chi connectivity index (χ0) is 14.5. The van der Waals surface area contributed by atoms with Crippen LogP contribution in [0.25, 0.3) is 0 Å². The number of nitrogens with zero attached hydrogens (tertiary/aromatic N) is 2. The summed E-state index contributed by atoms with van der Waals surface area (Å²) in [4.78, 5) is 18.9. The number of halogens is 1. The van der Waals surface area contributed by atoms with Gasteiger partial charge in [-0.3, -0.25) is 9.69 Å². The van der Waals surface area contributed by atoms with Crippen molar-refractivity contribution in [2.45, 2.75) is 38.3 Å². The molecule has 3 rings (SSSR count). The molecule has 0 radical (unpaired) electrons. The SMILES string of the molecule is Cl.O=C(NCC1CCCN(Cc2cscn2)C1)C1CCCN1. The Morgan fingerprint density at radius 2 is 2.36 bits per heavy atom. The van der Waals surface area contributed by atoms with Gasteiger partial charge < -0.3 is 10.6 Å². The molecule has 0 aromatic carbocycles. The molecule has 22 heavy (non-hydrogen) atoms. The van der Waals surface area contributed by atoms with Crippen molar-refractivity contribution in [1.29, 1.82) is 0 Å². The van der Waals surface area contributed by atoms with E-state index in [1.165, 1.54) is 18.5 Å². The highest BCUT2D eigenvalue weighted by Gasteiger charge is 2.24. The maximum atomic E-state index is 12.0. The summed E-state index contributed by atoms with van der Waals surface area (Å²) < 4.78 is 0. The molecule has 2 N–H and O–H groups in total. The fourth-order valence-corrected chi connectivity index (χ4v) is 3.83. The van der Waals surface area contributed by atoms with Gasteiger partial charge in [-0.1, -0.05) is 0 Å². The second-order valence-corrected chi connectivity index (χ2v) is 6.84. The Kier molecular flexibility index (Phi) is 7.08. The van der Waals surface area contributed by atoms with E-state index in [1.54, 1.807) is 11.3 Å². The Balaban J connectivity index is 0.00000176. The van der Waals surface area contributed by atoms with E-state index in [1.807, 2.05) is 5.51 Å². The summed E-state index contributed by atoms with van der Waals surface area (Å²) >= 11 is 1.66. The maximum absolute atomic E-state index is 12.0. The third kappa shape index (κ3) is 4.91. The number of carbonyl (C=O) groups is 1. The van der Waals surface area contributed by atoms with Gasteiger partial charge in [-0.2, -0.15) is 0 Å². The Bertz CT molecular complexity index is 450. The number of carbonyl (C=O) groups excluding carboxylic acids is 1. The summed E-state index contributed by atoms with van der Waals surface area (Å²) in [5, 5.41) is 8.51. The van der Waals surface area contributed by atoms with Crippen molar-refractivity contribution in [3.05, 3.63) is 16.6 Å². The second kappa shape index (κ2) is 8.82. The molecule has 2 atom stereocenters. The summed E-state index contributed by atoms with van der Waals surface area (Å²) in [6.07, 6.45) is 4.52. The molecule has 0 spiro atoms. The second-order valence-electron chi connectivity index (χ2n) is 6.12. The summed E-state index contributed by atoms with van der Waals surface area (Å²) in [5.74, 6) is 0.756. The van der Waals surface area contributed by atoms with Crippen LogP contribution in [0.1, 0.15) is 31.4 Å². The van der Waals surface area contributed by atoms with Crippen LogP contribution < -0.4 is 10.6 Å². The number of aromatic nitrogens is 1. The van der Waals surface area contributed by atoms with Crippen LogP contribution in [0.2, 0.25) is 0 Å². The monoisotopic (exact) mass is 344 g/mol. The lowest BCUT2D eigenvalue weighted by atomic mass is 9.97. The van der Waals surface area contributed by atoms with Crippen LogP contribution in [0.4, 0.5) is 0 Å². The number of piperidine rings is 1. The van der Waals surface area contributed by atoms with Crippen LogP contribution in [0, 0.1) is 5.92 Å². The van der Waals surface area contributed by atoms with E-state index in [-0.39, 0.29) is 24.4 Å². The van der Waals surface area contributed by atoms with Crippen molar-refractivity contribution in [3.63, 3.8) is 0 Å². The number of rotatable bonds is 5. The summed E-state index contributed by atoms with van der Waals surface area (Å²) in [6.45, 7) is 4.94.